The number of aliphatic hydroxyl groups excluding tert-OH is 1. The van der Waals surface area contributed by atoms with Crippen LogP contribution < -0.4 is 16.0 Å². The van der Waals surface area contributed by atoms with Crippen LogP contribution in [0.3, 0.4) is 0 Å². The number of anilines is 2. The molecule has 234 valence electrons. The van der Waals surface area contributed by atoms with Crippen LogP contribution in [0.15, 0.2) is 65.8 Å². The number of carbonyl (C=O) groups is 2. The van der Waals surface area contributed by atoms with Gasteiger partial charge in [-0.05, 0) is 32.3 Å². The lowest BCUT2D eigenvalue weighted by atomic mass is 9.81. The Labute approximate surface area is 245 Å². The molecule has 1 amide bonds. The van der Waals surface area contributed by atoms with Crippen molar-refractivity contribution in [1.82, 2.24) is 5.32 Å². The number of benzene rings is 2. The van der Waals surface area contributed by atoms with Gasteiger partial charge in [-0.15, -0.1) is 0 Å². The molecule has 0 bridgehead atoms. The van der Waals surface area contributed by atoms with E-state index in [0.29, 0.717) is 41.2 Å². The first-order valence-electron chi connectivity index (χ1n) is 13.7. The van der Waals surface area contributed by atoms with Gasteiger partial charge in [0.15, 0.2) is 6.17 Å². The zero-order chi connectivity index (χ0) is 31.8. The van der Waals surface area contributed by atoms with E-state index in [0.717, 1.165) is 6.92 Å². The van der Waals surface area contributed by atoms with Crippen molar-refractivity contribution < 1.29 is 41.0 Å². The second kappa shape index (κ2) is 14.5. The van der Waals surface area contributed by atoms with Crippen molar-refractivity contribution >= 4 is 28.8 Å². The summed E-state index contributed by atoms with van der Waals surface area (Å²) in [5.41, 5.74) is 2.98. The standard InChI is InChI=1S/C30H34F6N4O3/c1-18-27(40-28(43)22(13-15-30(34,35)36)21(19(2)42)12-14-29(31,32)33)39-25(20-8-4-3-5-9-20)23-10-6-11-24(26(23)38-18)37-16-7-17-41/h3-6,8-11,21-22,27,37-38,41H,1,7,12-17H2,2H3,(H,40,43)/t21-,22-,27-/m1/s1. The highest BCUT2D eigenvalue weighted by Gasteiger charge is 2.39. The first-order chi connectivity index (χ1) is 20.2. The van der Waals surface area contributed by atoms with Gasteiger partial charge in [0.25, 0.3) is 0 Å². The highest BCUT2D eigenvalue weighted by molar-refractivity contribution is 6.18. The van der Waals surface area contributed by atoms with Crippen molar-refractivity contribution in [1.29, 1.82) is 0 Å². The summed E-state index contributed by atoms with van der Waals surface area (Å²) in [6, 6.07) is 14.2. The quantitative estimate of drug-likeness (QED) is 0.159. The number of amides is 1. The molecule has 0 spiro atoms. The lowest BCUT2D eigenvalue weighted by molar-refractivity contribution is -0.151. The number of halogens is 6. The number of nitrogens with one attached hydrogen (secondary N) is 3. The Bertz CT molecular complexity index is 1310. The van der Waals surface area contributed by atoms with E-state index in [9.17, 15) is 41.0 Å². The molecule has 0 radical (unpaired) electrons. The van der Waals surface area contributed by atoms with Crippen LogP contribution in [0.4, 0.5) is 37.7 Å². The van der Waals surface area contributed by atoms with E-state index >= 15 is 0 Å². The first kappa shape index (κ1) is 33.6. The molecule has 2 aromatic rings. The van der Waals surface area contributed by atoms with Crippen LogP contribution in [-0.4, -0.2) is 54.2 Å². The average Bonchev–Trinajstić information content (AvgIpc) is 3.06. The SMILES string of the molecule is C=C1Nc2c(NCCCO)cccc2C(c2ccccc2)=N[C@@H]1NC(=O)[C@H](CCC(F)(F)F)[C@H](CCC(F)(F)F)C(C)=O. The summed E-state index contributed by atoms with van der Waals surface area (Å²) in [6.07, 6.45) is -14.7. The van der Waals surface area contributed by atoms with Crippen LogP contribution in [0.25, 0.3) is 0 Å². The number of aliphatic imine (C=N–C) groups is 1. The van der Waals surface area contributed by atoms with E-state index in [1.807, 2.05) is 0 Å². The summed E-state index contributed by atoms with van der Waals surface area (Å²) in [6.45, 7) is 5.34. The number of carbonyl (C=O) groups excluding carboxylic acids is 2. The molecule has 4 N–H and O–H groups in total. The third-order valence-electron chi connectivity index (χ3n) is 6.99. The lowest BCUT2D eigenvalue weighted by Crippen LogP contribution is -2.44. The molecule has 0 aliphatic carbocycles. The Morgan fingerprint density at radius 3 is 2.19 bits per heavy atom. The minimum atomic E-state index is -4.70. The Morgan fingerprint density at radius 1 is 0.977 bits per heavy atom. The van der Waals surface area contributed by atoms with Gasteiger partial charge in [0.1, 0.15) is 5.78 Å². The highest BCUT2D eigenvalue weighted by Crippen LogP contribution is 2.35. The Morgan fingerprint density at radius 2 is 1.60 bits per heavy atom. The maximum Gasteiger partial charge on any atom is 0.389 e. The summed E-state index contributed by atoms with van der Waals surface area (Å²) in [5.74, 6) is -5.13. The van der Waals surface area contributed by atoms with Gasteiger partial charge in [0.05, 0.1) is 22.8 Å². The van der Waals surface area contributed by atoms with E-state index in [1.165, 1.54) is 0 Å². The number of hydrogen-bond acceptors (Lipinski definition) is 6. The van der Waals surface area contributed by atoms with Crippen LogP contribution >= 0.6 is 0 Å². The minimum Gasteiger partial charge on any atom is -0.396 e. The molecule has 3 rings (SSSR count). The van der Waals surface area contributed by atoms with E-state index in [1.54, 1.807) is 48.5 Å². The molecule has 1 aliphatic heterocycles. The monoisotopic (exact) mass is 612 g/mol. The minimum absolute atomic E-state index is 0.0350. The van der Waals surface area contributed by atoms with Crippen molar-refractivity contribution in [2.45, 2.75) is 57.5 Å². The van der Waals surface area contributed by atoms with Crippen molar-refractivity contribution in [2.24, 2.45) is 16.8 Å². The zero-order valence-electron chi connectivity index (χ0n) is 23.5. The average molecular weight is 613 g/mol. The number of hydrogen-bond donors (Lipinski definition) is 4. The van der Waals surface area contributed by atoms with Crippen LogP contribution in [0.2, 0.25) is 0 Å². The number of aliphatic hydroxyl groups is 1. The van der Waals surface area contributed by atoms with Crippen molar-refractivity contribution in [3.8, 4) is 0 Å². The van der Waals surface area contributed by atoms with Crippen LogP contribution in [-0.2, 0) is 9.59 Å². The normalized spacial score (nSPS) is 16.7. The number of para-hydroxylation sites is 1. The molecular weight excluding hydrogens is 578 g/mol. The number of fused-ring (bicyclic) bond motifs is 1. The highest BCUT2D eigenvalue weighted by atomic mass is 19.4. The van der Waals surface area contributed by atoms with E-state index in [-0.39, 0.29) is 12.3 Å². The van der Waals surface area contributed by atoms with Gasteiger partial charge in [-0.25, -0.2) is 0 Å². The topological polar surface area (TPSA) is 103 Å². The van der Waals surface area contributed by atoms with Crippen LogP contribution in [0.5, 0.6) is 0 Å². The molecule has 0 saturated carbocycles. The molecule has 0 aromatic heterocycles. The summed E-state index contributed by atoms with van der Waals surface area (Å²) < 4.78 is 78.5. The molecule has 2 aromatic carbocycles. The second-order valence-corrected chi connectivity index (χ2v) is 10.3. The van der Waals surface area contributed by atoms with Crippen LogP contribution in [0.1, 0.15) is 50.2 Å². The van der Waals surface area contributed by atoms with Gasteiger partial charge in [-0.3, -0.25) is 14.6 Å². The first-order valence-corrected chi connectivity index (χ1v) is 13.7. The molecule has 0 fully saturated rings. The Balaban J connectivity index is 2.01. The summed E-state index contributed by atoms with van der Waals surface area (Å²) in [7, 11) is 0. The molecule has 0 saturated heterocycles. The third kappa shape index (κ3) is 9.84. The molecule has 0 unspecified atom stereocenters. The van der Waals surface area contributed by atoms with Crippen molar-refractivity contribution in [3.05, 3.63) is 71.9 Å². The second-order valence-electron chi connectivity index (χ2n) is 10.3. The molecule has 43 heavy (non-hydrogen) atoms. The van der Waals surface area contributed by atoms with Crippen molar-refractivity contribution in [2.75, 3.05) is 23.8 Å². The van der Waals surface area contributed by atoms with Gasteiger partial charge in [0.2, 0.25) is 5.91 Å². The van der Waals surface area contributed by atoms with E-state index in [2.05, 4.69) is 22.5 Å². The largest absolute Gasteiger partial charge is 0.396 e. The van der Waals surface area contributed by atoms with E-state index in [4.69, 9.17) is 4.99 Å². The summed E-state index contributed by atoms with van der Waals surface area (Å²) in [5, 5.41) is 18.1. The predicted molar refractivity (Wildman–Crippen MR) is 152 cm³/mol. The number of benzodiazepines with no additional fused rings is 1. The number of rotatable bonds is 13. The number of nitrogens with zero attached hydrogens (tertiary/aromatic N) is 1. The smallest absolute Gasteiger partial charge is 0.389 e. The number of Topliss-reactive ketones (excluding diaryl/α,β-unsaturated/α-hetero) is 1. The zero-order valence-corrected chi connectivity index (χ0v) is 23.5. The van der Waals surface area contributed by atoms with Gasteiger partial charge in [-0.1, -0.05) is 49.0 Å². The number of alkyl halides is 6. The Hall–Kier alpha value is -3.87. The van der Waals surface area contributed by atoms with Crippen molar-refractivity contribution in [3.63, 3.8) is 0 Å². The molecular formula is C30H34F6N4O3. The van der Waals surface area contributed by atoms with Gasteiger partial charge in [0, 0.05) is 49.0 Å². The molecule has 1 heterocycles. The maximum absolute atomic E-state index is 13.5. The third-order valence-corrected chi connectivity index (χ3v) is 6.99. The fourth-order valence-corrected chi connectivity index (χ4v) is 4.87. The fourth-order valence-electron chi connectivity index (χ4n) is 4.87. The fraction of sp³-hybridized carbons (Fsp3) is 0.433. The summed E-state index contributed by atoms with van der Waals surface area (Å²) >= 11 is 0. The van der Waals surface area contributed by atoms with Gasteiger partial charge < -0.3 is 21.1 Å². The molecule has 1 aliphatic rings. The van der Waals surface area contributed by atoms with Gasteiger partial charge >= 0.3 is 12.4 Å². The summed E-state index contributed by atoms with van der Waals surface area (Å²) in [4.78, 5) is 30.6. The Kier molecular flexibility index (Phi) is 11.4. The lowest BCUT2D eigenvalue weighted by Gasteiger charge is -2.27. The predicted octanol–water partition coefficient (Wildman–Crippen LogP) is 6.21. The van der Waals surface area contributed by atoms with E-state index < -0.39 is 67.7 Å². The molecule has 13 heteroatoms. The maximum atomic E-state index is 13.5. The molecule has 7 nitrogen and oxygen atoms in total. The van der Waals surface area contributed by atoms with Gasteiger partial charge in [-0.2, -0.15) is 26.3 Å². The number of ketones is 1. The molecule has 3 atom stereocenters. The van der Waals surface area contributed by atoms with Crippen LogP contribution in [0, 0.1) is 11.8 Å².